The van der Waals surface area contributed by atoms with Crippen molar-refractivity contribution in [3.63, 3.8) is 0 Å². The summed E-state index contributed by atoms with van der Waals surface area (Å²) in [6.07, 6.45) is -2.70. The van der Waals surface area contributed by atoms with Gasteiger partial charge in [-0.05, 0) is 29.9 Å². The maximum Gasteiger partial charge on any atom is 0.401 e. The lowest BCUT2D eigenvalue weighted by atomic mass is 10.1. The first-order chi connectivity index (χ1) is 12.8. The highest BCUT2D eigenvalue weighted by Crippen LogP contribution is 2.24. The molecule has 0 bridgehead atoms. The largest absolute Gasteiger partial charge is 0.401 e. The number of alkyl halides is 3. The highest BCUT2D eigenvalue weighted by atomic mass is 127. The molecule has 0 saturated carbocycles. The zero-order valence-electron chi connectivity index (χ0n) is 15.6. The van der Waals surface area contributed by atoms with E-state index >= 15 is 0 Å². The predicted molar refractivity (Wildman–Crippen MR) is 114 cm³/mol. The molecular formula is C17H25F3IN5OS. The molecule has 1 aromatic heterocycles. The molecule has 28 heavy (non-hydrogen) atoms. The molecule has 0 aliphatic carbocycles. The normalized spacial score (nSPS) is 20.5. The quantitative estimate of drug-likeness (QED) is 0.355. The molecule has 3 rings (SSSR count). The third-order valence-electron chi connectivity index (χ3n) is 4.81. The van der Waals surface area contributed by atoms with Gasteiger partial charge in [0.2, 0.25) is 5.91 Å². The summed E-state index contributed by atoms with van der Waals surface area (Å²) in [6, 6.07) is 1.94. The van der Waals surface area contributed by atoms with Crippen LogP contribution in [0, 0.1) is 0 Å². The molecule has 0 aromatic carbocycles. The summed E-state index contributed by atoms with van der Waals surface area (Å²) >= 11 is 1.73. The van der Waals surface area contributed by atoms with Gasteiger partial charge >= 0.3 is 6.18 Å². The highest BCUT2D eigenvalue weighted by molar-refractivity contribution is 14.0. The Hall–Kier alpha value is -1.08. The number of halogens is 4. The van der Waals surface area contributed by atoms with E-state index in [4.69, 9.17) is 0 Å². The number of carbonyl (C=O) groups excluding carboxylic acids is 1. The van der Waals surface area contributed by atoms with Gasteiger partial charge in [-0.2, -0.15) is 13.2 Å². The van der Waals surface area contributed by atoms with Gasteiger partial charge in [0.15, 0.2) is 5.96 Å². The van der Waals surface area contributed by atoms with E-state index in [9.17, 15) is 18.0 Å². The Labute approximate surface area is 183 Å². The minimum atomic E-state index is -4.18. The van der Waals surface area contributed by atoms with Crippen LogP contribution in [0.15, 0.2) is 16.4 Å². The van der Waals surface area contributed by atoms with Crippen LogP contribution in [0.25, 0.3) is 0 Å². The fraction of sp³-hybridized carbons (Fsp3) is 0.647. The Bertz CT molecular complexity index is 697. The van der Waals surface area contributed by atoms with E-state index in [1.807, 2.05) is 10.3 Å². The van der Waals surface area contributed by atoms with Crippen molar-refractivity contribution in [3.8, 4) is 0 Å². The van der Waals surface area contributed by atoms with Crippen molar-refractivity contribution in [3.05, 3.63) is 21.9 Å². The van der Waals surface area contributed by atoms with Gasteiger partial charge in [0.25, 0.3) is 0 Å². The highest BCUT2D eigenvalue weighted by Gasteiger charge is 2.34. The van der Waals surface area contributed by atoms with Gasteiger partial charge in [-0.1, -0.05) is 0 Å². The lowest BCUT2D eigenvalue weighted by Gasteiger charge is -2.27. The number of hydrogen-bond donors (Lipinski definition) is 2. The predicted octanol–water partition coefficient (Wildman–Crippen LogP) is 2.05. The van der Waals surface area contributed by atoms with Crippen LogP contribution in [-0.2, 0) is 17.8 Å². The van der Waals surface area contributed by atoms with E-state index in [1.165, 1.54) is 15.3 Å². The number of aliphatic imine (C=N–C) groups is 1. The second kappa shape index (κ2) is 10.1. The first kappa shape index (κ1) is 23.2. The molecule has 1 fully saturated rings. The number of rotatable bonds is 4. The number of nitrogens with zero attached hydrogens (tertiary/aromatic N) is 3. The van der Waals surface area contributed by atoms with Crippen LogP contribution in [0.5, 0.6) is 0 Å². The lowest BCUT2D eigenvalue weighted by Crippen LogP contribution is -2.49. The second-order valence-corrected chi connectivity index (χ2v) is 7.84. The molecule has 2 aliphatic heterocycles. The minimum Gasteiger partial charge on any atom is -0.352 e. The smallest absolute Gasteiger partial charge is 0.352 e. The SMILES string of the molecule is CN=C(NCC(=O)N1CCc2sccc2C1)NC1CCN(CC(F)(F)F)C1.I. The summed E-state index contributed by atoms with van der Waals surface area (Å²) in [4.78, 5) is 21.1. The Morgan fingerprint density at radius 3 is 2.89 bits per heavy atom. The van der Waals surface area contributed by atoms with Crippen molar-refractivity contribution >= 4 is 47.2 Å². The number of amides is 1. The summed E-state index contributed by atoms with van der Waals surface area (Å²) in [6.45, 7) is 1.24. The van der Waals surface area contributed by atoms with Crippen LogP contribution in [-0.4, -0.2) is 73.7 Å². The minimum absolute atomic E-state index is 0. The molecular weight excluding hydrogens is 506 g/mol. The monoisotopic (exact) mass is 531 g/mol. The number of nitrogens with one attached hydrogen (secondary N) is 2. The Morgan fingerprint density at radius 2 is 2.18 bits per heavy atom. The van der Waals surface area contributed by atoms with E-state index in [1.54, 1.807) is 18.4 Å². The van der Waals surface area contributed by atoms with E-state index in [0.717, 1.165) is 6.42 Å². The Morgan fingerprint density at radius 1 is 1.39 bits per heavy atom. The number of carbonyl (C=O) groups is 1. The van der Waals surface area contributed by atoms with Gasteiger partial charge in [-0.25, -0.2) is 0 Å². The molecule has 1 atom stereocenters. The Balaban J connectivity index is 0.00000280. The van der Waals surface area contributed by atoms with Crippen molar-refractivity contribution in [1.29, 1.82) is 0 Å². The Kier molecular flexibility index (Phi) is 8.37. The van der Waals surface area contributed by atoms with Gasteiger partial charge in [0.05, 0.1) is 13.1 Å². The number of likely N-dealkylation sites (tertiary alicyclic amines) is 1. The van der Waals surface area contributed by atoms with E-state index < -0.39 is 12.7 Å². The number of hydrogen-bond acceptors (Lipinski definition) is 4. The van der Waals surface area contributed by atoms with Gasteiger partial charge in [-0.3, -0.25) is 14.7 Å². The second-order valence-electron chi connectivity index (χ2n) is 6.84. The van der Waals surface area contributed by atoms with Gasteiger partial charge in [-0.15, -0.1) is 35.3 Å². The van der Waals surface area contributed by atoms with Crippen LogP contribution in [0.3, 0.4) is 0 Å². The molecule has 1 aromatic rings. The molecule has 3 heterocycles. The summed E-state index contributed by atoms with van der Waals surface area (Å²) in [5.74, 6) is 0.426. The number of thiophene rings is 1. The maximum absolute atomic E-state index is 12.5. The van der Waals surface area contributed by atoms with Gasteiger partial charge in [0.1, 0.15) is 0 Å². The van der Waals surface area contributed by atoms with Crippen LogP contribution in [0.4, 0.5) is 13.2 Å². The lowest BCUT2D eigenvalue weighted by molar-refractivity contribution is -0.143. The summed E-state index contributed by atoms with van der Waals surface area (Å²) in [5, 5.41) is 8.14. The average Bonchev–Trinajstić information content (AvgIpc) is 3.25. The fourth-order valence-electron chi connectivity index (χ4n) is 3.47. The van der Waals surface area contributed by atoms with Crippen molar-refractivity contribution in [2.24, 2.45) is 4.99 Å². The topological polar surface area (TPSA) is 60.0 Å². The number of fused-ring (bicyclic) bond motifs is 1. The molecule has 0 spiro atoms. The van der Waals surface area contributed by atoms with Gasteiger partial charge < -0.3 is 15.5 Å². The number of guanidine groups is 1. The zero-order valence-corrected chi connectivity index (χ0v) is 18.7. The third-order valence-corrected chi connectivity index (χ3v) is 5.83. The van der Waals surface area contributed by atoms with Crippen LogP contribution in [0.2, 0.25) is 0 Å². The summed E-state index contributed by atoms with van der Waals surface area (Å²) < 4.78 is 37.4. The summed E-state index contributed by atoms with van der Waals surface area (Å²) in [5.41, 5.74) is 1.21. The summed E-state index contributed by atoms with van der Waals surface area (Å²) in [7, 11) is 1.58. The van der Waals surface area contributed by atoms with Crippen LogP contribution in [0.1, 0.15) is 16.9 Å². The molecule has 0 radical (unpaired) electrons. The first-order valence-corrected chi connectivity index (χ1v) is 9.81. The molecule has 6 nitrogen and oxygen atoms in total. The maximum atomic E-state index is 12.5. The first-order valence-electron chi connectivity index (χ1n) is 8.93. The third kappa shape index (κ3) is 6.48. The molecule has 2 N–H and O–H groups in total. The zero-order chi connectivity index (χ0) is 19.4. The van der Waals surface area contributed by atoms with Crippen LogP contribution < -0.4 is 10.6 Å². The molecule has 158 valence electrons. The van der Waals surface area contributed by atoms with Crippen LogP contribution >= 0.6 is 35.3 Å². The van der Waals surface area contributed by atoms with Crippen molar-refractivity contribution in [2.45, 2.75) is 31.6 Å². The van der Waals surface area contributed by atoms with Crippen molar-refractivity contribution < 1.29 is 18.0 Å². The average molecular weight is 531 g/mol. The molecule has 1 saturated heterocycles. The standard InChI is InChI=1S/C17H24F3N5OS.HI/c1-21-16(23-13-2-5-24(10-13)11-17(18,19)20)22-8-15(26)25-6-3-14-12(9-25)4-7-27-14;/h4,7,13H,2-3,5-6,8-11H2,1H3,(H2,21,22,23);1H. The molecule has 1 amide bonds. The van der Waals surface area contributed by atoms with Crippen molar-refractivity contribution in [2.75, 3.05) is 39.8 Å². The van der Waals surface area contributed by atoms with Crippen molar-refractivity contribution in [1.82, 2.24) is 20.4 Å². The van der Waals surface area contributed by atoms with Gasteiger partial charge in [0, 0.05) is 44.1 Å². The fourth-order valence-corrected chi connectivity index (χ4v) is 4.36. The van der Waals surface area contributed by atoms with E-state index in [0.29, 0.717) is 38.6 Å². The molecule has 11 heteroatoms. The molecule has 1 unspecified atom stereocenters. The van der Waals surface area contributed by atoms with E-state index in [2.05, 4.69) is 21.7 Å². The van der Waals surface area contributed by atoms with E-state index in [-0.39, 0.29) is 42.5 Å². The molecule has 2 aliphatic rings.